The molecule has 0 aliphatic carbocycles. The Morgan fingerprint density at radius 1 is 1.23 bits per heavy atom. The van der Waals surface area contributed by atoms with Gasteiger partial charge in [-0.1, -0.05) is 35.9 Å². The van der Waals surface area contributed by atoms with E-state index in [9.17, 15) is 4.79 Å². The van der Waals surface area contributed by atoms with Crippen LogP contribution in [0.1, 0.15) is 23.4 Å². The highest BCUT2D eigenvalue weighted by molar-refractivity contribution is 7.20. The highest BCUT2D eigenvalue weighted by atomic mass is 35.5. The summed E-state index contributed by atoms with van der Waals surface area (Å²) in [7, 11) is 1.91. The minimum absolute atomic E-state index is 0.0375. The van der Waals surface area contributed by atoms with Gasteiger partial charge in [0.2, 0.25) is 5.91 Å². The molecular weight excluding hydrogens is 414 g/mol. The largest absolute Gasteiger partial charge is 0.339 e. The van der Waals surface area contributed by atoms with Gasteiger partial charge in [-0.2, -0.15) is 0 Å². The van der Waals surface area contributed by atoms with E-state index in [1.54, 1.807) is 17.4 Å². The van der Waals surface area contributed by atoms with Crippen molar-refractivity contribution in [3.05, 3.63) is 70.3 Å². The summed E-state index contributed by atoms with van der Waals surface area (Å²) in [4.78, 5) is 22.4. The molecule has 156 valence electrons. The number of hydrogen-bond donors (Lipinski definition) is 0. The monoisotopic (exact) mass is 439 g/mol. The van der Waals surface area contributed by atoms with E-state index in [2.05, 4.69) is 22.0 Å². The quantitative estimate of drug-likeness (QED) is 0.499. The fourth-order valence-corrected chi connectivity index (χ4v) is 5.33. The molecule has 3 aromatic rings. The maximum absolute atomic E-state index is 12.7. The first-order valence-electron chi connectivity index (χ1n) is 10.4. The first kappa shape index (κ1) is 21.0. The second-order valence-corrected chi connectivity index (χ2v) is 9.16. The van der Waals surface area contributed by atoms with E-state index >= 15 is 0 Å². The van der Waals surface area contributed by atoms with Crippen LogP contribution in [-0.4, -0.2) is 53.4 Å². The Labute approximate surface area is 186 Å². The van der Waals surface area contributed by atoms with Gasteiger partial charge in [0.1, 0.15) is 0 Å². The van der Waals surface area contributed by atoms with Crippen LogP contribution >= 0.6 is 22.9 Å². The minimum Gasteiger partial charge on any atom is -0.339 e. The molecule has 0 saturated carbocycles. The Morgan fingerprint density at radius 3 is 2.73 bits per heavy atom. The molecule has 1 aliphatic heterocycles. The molecule has 0 radical (unpaired) electrons. The smallest absolute Gasteiger partial charge is 0.246 e. The molecule has 0 atom stereocenters. The van der Waals surface area contributed by atoms with Gasteiger partial charge in [-0.05, 0) is 37.1 Å². The van der Waals surface area contributed by atoms with Gasteiger partial charge >= 0.3 is 0 Å². The van der Waals surface area contributed by atoms with E-state index in [0.29, 0.717) is 0 Å². The first-order chi connectivity index (χ1) is 14.6. The number of hydrogen-bond acceptors (Lipinski definition) is 4. The van der Waals surface area contributed by atoms with Gasteiger partial charge in [0.15, 0.2) is 0 Å². The molecule has 0 bridgehead atoms. The van der Waals surface area contributed by atoms with Crippen LogP contribution in [0.3, 0.4) is 0 Å². The normalized spacial score (nSPS) is 15.8. The van der Waals surface area contributed by atoms with Crippen LogP contribution in [0.15, 0.2) is 54.7 Å². The molecule has 1 fully saturated rings. The van der Waals surface area contributed by atoms with Crippen LogP contribution in [-0.2, 0) is 11.2 Å². The lowest BCUT2D eigenvalue weighted by Crippen LogP contribution is -2.45. The van der Waals surface area contributed by atoms with Crippen LogP contribution in [0.2, 0.25) is 5.02 Å². The van der Waals surface area contributed by atoms with Crippen LogP contribution in [0.25, 0.3) is 16.2 Å². The average molecular weight is 440 g/mol. The van der Waals surface area contributed by atoms with Gasteiger partial charge < -0.3 is 9.80 Å². The van der Waals surface area contributed by atoms with E-state index in [1.165, 1.54) is 0 Å². The van der Waals surface area contributed by atoms with Gasteiger partial charge in [-0.15, -0.1) is 11.3 Å². The van der Waals surface area contributed by atoms with Gasteiger partial charge in [0.25, 0.3) is 0 Å². The van der Waals surface area contributed by atoms with Crippen molar-refractivity contribution in [3.63, 3.8) is 0 Å². The number of carbonyl (C=O) groups excluding carboxylic acids is 1. The number of halogens is 1. The van der Waals surface area contributed by atoms with E-state index in [4.69, 9.17) is 11.6 Å². The molecule has 0 N–H and O–H groups in total. The Bertz CT molecular complexity index is 1030. The maximum Gasteiger partial charge on any atom is 0.246 e. The third-order valence-electron chi connectivity index (χ3n) is 5.80. The Hall–Kier alpha value is -2.21. The summed E-state index contributed by atoms with van der Waals surface area (Å²) in [5.74, 6) is 0.0375. The topological polar surface area (TPSA) is 36.4 Å². The summed E-state index contributed by atoms with van der Waals surface area (Å²) in [6, 6.07) is 14.4. The van der Waals surface area contributed by atoms with Gasteiger partial charge in [0.05, 0.1) is 5.02 Å². The molecule has 4 nitrogen and oxygen atoms in total. The van der Waals surface area contributed by atoms with Crippen molar-refractivity contribution in [3.8, 4) is 0 Å². The van der Waals surface area contributed by atoms with Crippen LogP contribution < -0.4 is 0 Å². The highest BCUT2D eigenvalue weighted by Crippen LogP contribution is 2.36. The SMILES string of the molecule is CN(C(=O)/C=C/c1sc2ccccc2c1Cl)C1CCN(CCc2ccccn2)CC1. The number of fused-ring (bicyclic) bond motifs is 1. The van der Waals surface area contributed by atoms with E-state index in [1.807, 2.05) is 54.6 Å². The van der Waals surface area contributed by atoms with Crippen molar-refractivity contribution >= 4 is 45.0 Å². The number of carbonyl (C=O) groups is 1. The van der Waals surface area contributed by atoms with E-state index in [-0.39, 0.29) is 11.9 Å². The summed E-state index contributed by atoms with van der Waals surface area (Å²) >= 11 is 8.10. The van der Waals surface area contributed by atoms with Gasteiger partial charge in [-0.3, -0.25) is 9.78 Å². The Balaban J connectivity index is 1.29. The number of rotatable bonds is 6. The third-order valence-corrected chi connectivity index (χ3v) is 7.46. The molecule has 1 amide bonds. The molecule has 0 unspecified atom stereocenters. The minimum atomic E-state index is 0.0375. The average Bonchev–Trinajstić information content (AvgIpc) is 3.12. The zero-order chi connectivity index (χ0) is 20.9. The lowest BCUT2D eigenvalue weighted by Gasteiger charge is -2.36. The molecule has 6 heteroatoms. The zero-order valence-corrected chi connectivity index (χ0v) is 18.7. The number of amides is 1. The summed E-state index contributed by atoms with van der Waals surface area (Å²) in [5, 5.41) is 1.77. The number of thiophene rings is 1. The number of nitrogens with zero attached hydrogens (tertiary/aromatic N) is 3. The van der Waals surface area contributed by atoms with Gasteiger partial charge in [-0.25, -0.2) is 0 Å². The predicted octanol–water partition coefficient (Wildman–Crippen LogP) is 5.13. The summed E-state index contributed by atoms with van der Waals surface area (Å²) in [5.41, 5.74) is 1.14. The lowest BCUT2D eigenvalue weighted by molar-refractivity contribution is -0.127. The third kappa shape index (κ3) is 4.91. The van der Waals surface area contributed by atoms with Crippen molar-refractivity contribution < 1.29 is 4.79 Å². The summed E-state index contributed by atoms with van der Waals surface area (Å²) in [6.45, 7) is 3.05. The second-order valence-electron chi connectivity index (χ2n) is 7.70. The molecule has 1 aromatic carbocycles. The fraction of sp³-hybridized carbons (Fsp3) is 0.333. The number of likely N-dealkylation sites (N-methyl/N-ethyl adjacent to an activating group) is 1. The van der Waals surface area contributed by atoms with E-state index in [0.717, 1.165) is 64.6 Å². The lowest BCUT2D eigenvalue weighted by atomic mass is 10.0. The van der Waals surface area contributed by atoms with E-state index < -0.39 is 0 Å². The van der Waals surface area contributed by atoms with Crippen LogP contribution in [0, 0.1) is 0 Å². The molecule has 0 spiro atoms. The van der Waals surface area contributed by atoms with Crippen molar-refractivity contribution in [2.24, 2.45) is 0 Å². The Morgan fingerprint density at radius 2 is 2.00 bits per heavy atom. The predicted molar refractivity (Wildman–Crippen MR) is 126 cm³/mol. The molecule has 30 heavy (non-hydrogen) atoms. The molecule has 3 heterocycles. The summed E-state index contributed by atoms with van der Waals surface area (Å²) < 4.78 is 1.14. The highest BCUT2D eigenvalue weighted by Gasteiger charge is 2.24. The van der Waals surface area contributed by atoms with Gasteiger partial charge in [0, 0.05) is 72.1 Å². The number of aromatic nitrogens is 1. The standard InChI is InChI=1S/C24H26ClN3OS/c1-27(19-12-16-28(17-13-19)15-11-18-6-4-5-14-26-18)23(29)10-9-22-24(25)20-7-2-3-8-21(20)30-22/h2-10,14,19H,11-13,15-17H2,1H3/b10-9+. The van der Waals surface area contributed by atoms with Crippen molar-refractivity contribution in [2.45, 2.75) is 25.3 Å². The number of pyridine rings is 1. The first-order valence-corrected chi connectivity index (χ1v) is 11.6. The number of likely N-dealkylation sites (tertiary alicyclic amines) is 1. The van der Waals surface area contributed by atoms with Crippen LogP contribution in [0.4, 0.5) is 0 Å². The summed E-state index contributed by atoms with van der Waals surface area (Å²) in [6.07, 6.45) is 8.34. The molecular formula is C24H26ClN3OS. The fourth-order valence-electron chi connectivity index (χ4n) is 3.93. The Kier molecular flexibility index (Phi) is 6.82. The number of benzene rings is 1. The number of piperidine rings is 1. The maximum atomic E-state index is 12.7. The van der Waals surface area contributed by atoms with Crippen molar-refractivity contribution in [1.82, 2.24) is 14.8 Å². The zero-order valence-electron chi connectivity index (χ0n) is 17.1. The van der Waals surface area contributed by atoms with Crippen LogP contribution in [0.5, 0.6) is 0 Å². The molecule has 4 rings (SSSR count). The molecule has 2 aromatic heterocycles. The molecule has 1 saturated heterocycles. The second kappa shape index (κ2) is 9.73. The van der Waals surface area contributed by atoms with Crippen molar-refractivity contribution in [2.75, 3.05) is 26.7 Å². The molecule has 1 aliphatic rings. The van der Waals surface area contributed by atoms with Crippen molar-refractivity contribution in [1.29, 1.82) is 0 Å².